The summed E-state index contributed by atoms with van der Waals surface area (Å²) in [7, 11) is 0. The molecule has 2 aromatic rings. The fourth-order valence-electron chi connectivity index (χ4n) is 4.22. The number of aryl methyl sites for hydroxylation is 2. The normalized spacial score (nSPS) is 13.0. The van der Waals surface area contributed by atoms with Gasteiger partial charge in [0.2, 0.25) is 0 Å². The number of aliphatic carboxylic acids is 1. The number of hydrogen-bond donors (Lipinski definition) is 1. The molecule has 1 N–H and O–H groups in total. The Hall–Kier alpha value is -2.82. The summed E-state index contributed by atoms with van der Waals surface area (Å²) < 4.78 is 12.1. The smallest absolute Gasteiger partial charge is 0.303 e. The Labute approximate surface area is 190 Å². The lowest BCUT2D eigenvalue weighted by atomic mass is 9.87. The first-order valence-electron chi connectivity index (χ1n) is 11.8. The van der Waals surface area contributed by atoms with E-state index in [9.17, 15) is 9.59 Å². The van der Waals surface area contributed by atoms with Crippen LogP contribution in [-0.4, -0.2) is 30.1 Å². The second-order valence-corrected chi connectivity index (χ2v) is 8.37. The van der Waals surface area contributed by atoms with E-state index in [-0.39, 0.29) is 12.2 Å². The Kier molecular flexibility index (Phi) is 9.14. The molecule has 5 heteroatoms. The van der Waals surface area contributed by atoms with Crippen molar-refractivity contribution in [3.63, 3.8) is 0 Å². The first kappa shape index (κ1) is 23.8. The number of ketones is 1. The first-order valence-corrected chi connectivity index (χ1v) is 11.8. The lowest BCUT2D eigenvalue weighted by Crippen LogP contribution is -2.14. The molecule has 172 valence electrons. The number of carbonyl (C=O) groups is 2. The Bertz CT molecular complexity index is 918. The van der Waals surface area contributed by atoms with Gasteiger partial charge in [-0.1, -0.05) is 43.7 Å². The van der Waals surface area contributed by atoms with Crippen LogP contribution in [0.1, 0.15) is 78.9 Å². The minimum absolute atomic E-state index is 0.104. The van der Waals surface area contributed by atoms with Gasteiger partial charge in [0.15, 0.2) is 5.78 Å². The molecule has 2 aromatic carbocycles. The molecule has 32 heavy (non-hydrogen) atoms. The van der Waals surface area contributed by atoms with E-state index in [1.54, 1.807) is 0 Å². The molecular formula is C27H34O5. The summed E-state index contributed by atoms with van der Waals surface area (Å²) in [5.74, 6) is 1.15. The SMILES string of the molecule is CCCc1ccc2c(c1OCCCCCOc1ccccc1CCC(=O)O)CCCC2=O. The van der Waals surface area contributed by atoms with Crippen LogP contribution in [0.5, 0.6) is 11.5 Å². The maximum Gasteiger partial charge on any atom is 0.303 e. The van der Waals surface area contributed by atoms with E-state index in [1.165, 1.54) is 5.56 Å². The summed E-state index contributed by atoms with van der Waals surface area (Å²) in [5, 5.41) is 8.90. The van der Waals surface area contributed by atoms with Crippen LogP contribution in [0.4, 0.5) is 0 Å². The van der Waals surface area contributed by atoms with Crippen molar-refractivity contribution in [1.82, 2.24) is 0 Å². The van der Waals surface area contributed by atoms with E-state index in [0.29, 0.717) is 26.1 Å². The third kappa shape index (κ3) is 6.59. The summed E-state index contributed by atoms with van der Waals surface area (Å²) in [6.45, 7) is 3.39. The number of fused-ring (bicyclic) bond motifs is 1. The Morgan fingerprint density at radius 2 is 1.72 bits per heavy atom. The van der Waals surface area contributed by atoms with Crippen LogP contribution < -0.4 is 9.47 Å². The number of Topliss-reactive ketones (excluding diaryl/α,β-unsaturated/α-hetero) is 1. The molecule has 3 rings (SSSR count). The summed E-state index contributed by atoms with van der Waals surface area (Å²) in [6, 6.07) is 11.7. The van der Waals surface area contributed by atoms with Crippen LogP contribution in [0.3, 0.4) is 0 Å². The van der Waals surface area contributed by atoms with E-state index in [2.05, 4.69) is 13.0 Å². The van der Waals surface area contributed by atoms with Crippen molar-refractivity contribution in [3.8, 4) is 11.5 Å². The zero-order valence-electron chi connectivity index (χ0n) is 19.0. The molecule has 0 spiro atoms. The van der Waals surface area contributed by atoms with Gasteiger partial charge >= 0.3 is 5.97 Å². The second kappa shape index (κ2) is 12.3. The van der Waals surface area contributed by atoms with Crippen molar-refractivity contribution in [1.29, 1.82) is 0 Å². The zero-order valence-corrected chi connectivity index (χ0v) is 19.0. The summed E-state index contributed by atoms with van der Waals surface area (Å²) in [5.41, 5.74) is 4.10. The predicted octanol–water partition coefficient (Wildman–Crippen LogP) is 5.80. The molecule has 1 aliphatic carbocycles. The number of para-hydroxylation sites is 1. The van der Waals surface area contributed by atoms with Crippen LogP contribution in [-0.2, 0) is 24.1 Å². The van der Waals surface area contributed by atoms with E-state index >= 15 is 0 Å². The minimum Gasteiger partial charge on any atom is -0.493 e. The lowest BCUT2D eigenvalue weighted by molar-refractivity contribution is -0.136. The highest BCUT2D eigenvalue weighted by Gasteiger charge is 2.22. The van der Waals surface area contributed by atoms with Crippen molar-refractivity contribution in [3.05, 3.63) is 58.7 Å². The number of carboxylic acids is 1. The number of carbonyl (C=O) groups excluding carboxylic acids is 1. The number of hydrogen-bond acceptors (Lipinski definition) is 4. The van der Waals surface area contributed by atoms with Gasteiger partial charge in [-0.2, -0.15) is 0 Å². The molecule has 0 saturated heterocycles. The van der Waals surface area contributed by atoms with E-state index in [4.69, 9.17) is 14.6 Å². The molecule has 5 nitrogen and oxygen atoms in total. The number of ether oxygens (including phenoxy) is 2. The molecule has 0 aliphatic heterocycles. The van der Waals surface area contributed by atoms with Gasteiger partial charge in [0.25, 0.3) is 0 Å². The second-order valence-electron chi connectivity index (χ2n) is 8.37. The monoisotopic (exact) mass is 438 g/mol. The average Bonchev–Trinajstić information content (AvgIpc) is 2.79. The summed E-state index contributed by atoms with van der Waals surface area (Å²) >= 11 is 0. The lowest BCUT2D eigenvalue weighted by Gasteiger charge is -2.21. The van der Waals surface area contributed by atoms with Gasteiger partial charge in [0, 0.05) is 24.0 Å². The molecule has 0 atom stereocenters. The van der Waals surface area contributed by atoms with Crippen molar-refractivity contribution >= 4 is 11.8 Å². The van der Waals surface area contributed by atoms with Crippen molar-refractivity contribution in [2.45, 2.75) is 71.1 Å². The topological polar surface area (TPSA) is 72.8 Å². The maximum absolute atomic E-state index is 12.3. The maximum atomic E-state index is 12.3. The number of benzene rings is 2. The Balaban J connectivity index is 1.45. The van der Waals surface area contributed by atoms with Gasteiger partial charge in [-0.3, -0.25) is 9.59 Å². The molecule has 0 unspecified atom stereocenters. The Morgan fingerprint density at radius 3 is 2.50 bits per heavy atom. The minimum atomic E-state index is -0.800. The van der Waals surface area contributed by atoms with Crippen LogP contribution in [0.2, 0.25) is 0 Å². The standard InChI is InChI=1S/C27H34O5/c1-2-9-21-14-16-22-23(11-8-12-24(22)28)27(21)32-19-7-3-6-18-31-25-13-5-4-10-20(25)15-17-26(29)30/h4-5,10,13-14,16H,2-3,6-9,11-12,15,17-19H2,1H3,(H,29,30). The molecule has 0 aromatic heterocycles. The van der Waals surface area contributed by atoms with Gasteiger partial charge in [-0.05, 0) is 62.1 Å². The summed E-state index contributed by atoms with van der Waals surface area (Å²) in [6.07, 6.45) is 7.87. The quantitative estimate of drug-likeness (QED) is 0.400. The van der Waals surface area contributed by atoms with Crippen LogP contribution >= 0.6 is 0 Å². The molecule has 0 saturated carbocycles. The highest BCUT2D eigenvalue weighted by molar-refractivity contribution is 5.99. The first-order chi connectivity index (χ1) is 15.6. The molecule has 0 bridgehead atoms. The van der Waals surface area contributed by atoms with Crippen molar-refractivity contribution in [2.75, 3.05) is 13.2 Å². The molecule has 0 heterocycles. The van der Waals surface area contributed by atoms with Crippen molar-refractivity contribution in [2.24, 2.45) is 0 Å². The van der Waals surface area contributed by atoms with Crippen LogP contribution in [0, 0.1) is 0 Å². The predicted molar refractivity (Wildman–Crippen MR) is 125 cm³/mol. The highest BCUT2D eigenvalue weighted by atomic mass is 16.5. The van der Waals surface area contributed by atoms with Gasteiger partial charge in [0.05, 0.1) is 13.2 Å². The Morgan fingerprint density at radius 1 is 0.938 bits per heavy atom. The third-order valence-electron chi connectivity index (χ3n) is 5.87. The highest BCUT2D eigenvalue weighted by Crippen LogP contribution is 2.34. The molecular weight excluding hydrogens is 404 g/mol. The van der Waals surface area contributed by atoms with Gasteiger partial charge < -0.3 is 14.6 Å². The number of carboxylic acid groups (broad SMARTS) is 1. The molecule has 0 amide bonds. The van der Waals surface area contributed by atoms with E-state index in [0.717, 1.165) is 73.1 Å². The fourth-order valence-corrected chi connectivity index (χ4v) is 4.22. The average molecular weight is 439 g/mol. The number of rotatable bonds is 13. The van der Waals surface area contributed by atoms with Crippen LogP contribution in [0.15, 0.2) is 36.4 Å². The van der Waals surface area contributed by atoms with E-state index < -0.39 is 5.97 Å². The third-order valence-corrected chi connectivity index (χ3v) is 5.87. The van der Waals surface area contributed by atoms with Crippen molar-refractivity contribution < 1.29 is 24.2 Å². The van der Waals surface area contributed by atoms with Gasteiger partial charge in [-0.15, -0.1) is 0 Å². The zero-order chi connectivity index (χ0) is 22.8. The fraction of sp³-hybridized carbons (Fsp3) is 0.481. The molecule has 0 radical (unpaired) electrons. The van der Waals surface area contributed by atoms with E-state index in [1.807, 2.05) is 30.3 Å². The largest absolute Gasteiger partial charge is 0.493 e. The molecule has 0 fully saturated rings. The summed E-state index contributed by atoms with van der Waals surface area (Å²) in [4.78, 5) is 23.1. The number of unbranched alkanes of at least 4 members (excludes halogenated alkanes) is 2. The molecule has 1 aliphatic rings. The van der Waals surface area contributed by atoms with Gasteiger partial charge in [-0.25, -0.2) is 0 Å². The van der Waals surface area contributed by atoms with Crippen LogP contribution in [0.25, 0.3) is 0 Å². The van der Waals surface area contributed by atoms with Gasteiger partial charge in [0.1, 0.15) is 11.5 Å².